The van der Waals surface area contributed by atoms with Gasteiger partial charge >= 0.3 is 5.97 Å². The van der Waals surface area contributed by atoms with Crippen LogP contribution in [0.15, 0.2) is 110 Å². The van der Waals surface area contributed by atoms with E-state index < -0.39 is 17.9 Å². The molecule has 3 aromatic carbocycles. The first-order valence-electron chi connectivity index (χ1n) is 13.8. The van der Waals surface area contributed by atoms with Crippen molar-refractivity contribution in [2.75, 3.05) is 19.5 Å². The highest BCUT2D eigenvalue weighted by Crippen LogP contribution is 2.37. The Kier molecular flexibility index (Phi) is 7.93. The molecule has 10 nitrogen and oxygen atoms in total. The first kappa shape index (κ1) is 29.4. The van der Waals surface area contributed by atoms with Gasteiger partial charge in [0.05, 0.1) is 35.6 Å². The number of aromatic carboxylic acids is 1. The topological polar surface area (TPSA) is 132 Å². The number of carboxylic acids is 1. The number of fused-ring (bicyclic) bond motifs is 1. The third-order valence-corrected chi connectivity index (χ3v) is 8.33. The van der Waals surface area contributed by atoms with Gasteiger partial charge < -0.3 is 24.3 Å². The van der Waals surface area contributed by atoms with E-state index in [2.05, 4.69) is 10.3 Å². The molecule has 0 saturated carbocycles. The predicted molar refractivity (Wildman–Crippen MR) is 169 cm³/mol. The number of anilines is 1. The van der Waals surface area contributed by atoms with Gasteiger partial charge in [0.25, 0.3) is 11.5 Å². The molecule has 0 saturated heterocycles. The van der Waals surface area contributed by atoms with Crippen LogP contribution in [0, 0.1) is 0 Å². The number of hydrogen-bond acceptors (Lipinski definition) is 8. The number of amides is 1. The monoisotopic (exact) mass is 621 g/mol. The molecule has 0 radical (unpaired) electrons. The molecule has 45 heavy (non-hydrogen) atoms. The van der Waals surface area contributed by atoms with Crippen molar-refractivity contribution in [2.45, 2.75) is 13.0 Å². The Morgan fingerprint density at radius 1 is 1.00 bits per heavy atom. The van der Waals surface area contributed by atoms with Crippen LogP contribution in [0.25, 0.3) is 17.4 Å². The summed E-state index contributed by atoms with van der Waals surface area (Å²) < 4.78 is 19.0. The first-order chi connectivity index (χ1) is 21.8. The fraction of sp³-hybridized carbons (Fsp3) is 0.118. The highest BCUT2D eigenvalue weighted by Gasteiger charge is 2.34. The molecule has 1 aliphatic rings. The van der Waals surface area contributed by atoms with E-state index in [9.17, 15) is 19.5 Å². The molecule has 226 valence electrons. The SMILES string of the molecule is COc1ccc([C@@H]2C(C(=O)Nc3ccccc3)=C(C)N=c3s/c(=C\c4ccc(-c5ccc(C(=O)O)cc5)o4)c(=O)n32)c(OC)c1. The average molecular weight is 622 g/mol. The van der Waals surface area contributed by atoms with Crippen molar-refractivity contribution in [3.8, 4) is 22.8 Å². The van der Waals surface area contributed by atoms with Gasteiger partial charge in [0, 0.05) is 29.0 Å². The summed E-state index contributed by atoms with van der Waals surface area (Å²) in [6.07, 6.45) is 1.63. The Hall–Kier alpha value is -5.68. The number of aromatic nitrogens is 1. The van der Waals surface area contributed by atoms with Crippen LogP contribution in [0.3, 0.4) is 0 Å². The van der Waals surface area contributed by atoms with Crippen molar-refractivity contribution in [1.29, 1.82) is 0 Å². The number of hydrogen-bond donors (Lipinski definition) is 2. The van der Waals surface area contributed by atoms with Crippen LogP contribution in [-0.4, -0.2) is 35.8 Å². The third-order valence-electron chi connectivity index (χ3n) is 7.35. The smallest absolute Gasteiger partial charge is 0.335 e. The summed E-state index contributed by atoms with van der Waals surface area (Å²) in [6.45, 7) is 1.74. The van der Waals surface area contributed by atoms with Gasteiger partial charge in [-0.05, 0) is 55.5 Å². The number of methoxy groups -OCH3 is 2. The summed E-state index contributed by atoms with van der Waals surface area (Å²) in [4.78, 5) is 44.2. The highest BCUT2D eigenvalue weighted by atomic mass is 32.1. The lowest BCUT2D eigenvalue weighted by Crippen LogP contribution is -2.40. The average Bonchev–Trinajstić information content (AvgIpc) is 3.64. The van der Waals surface area contributed by atoms with Crippen molar-refractivity contribution in [1.82, 2.24) is 4.57 Å². The van der Waals surface area contributed by atoms with E-state index in [4.69, 9.17) is 13.9 Å². The summed E-state index contributed by atoms with van der Waals surface area (Å²) in [5.41, 5.74) is 2.45. The van der Waals surface area contributed by atoms with E-state index in [0.29, 0.717) is 60.4 Å². The maximum absolute atomic E-state index is 14.1. The number of carbonyl (C=O) groups excluding carboxylic acids is 1. The zero-order chi connectivity index (χ0) is 31.7. The van der Waals surface area contributed by atoms with E-state index in [1.165, 1.54) is 35.1 Å². The number of para-hydroxylation sites is 1. The summed E-state index contributed by atoms with van der Waals surface area (Å²) in [7, 11) is 3.07. The van der Waals surface area contributed by atoms with Gasteiger partial charge in [-0.3, -0.25) is 14.2 Å². The second kappa shape index (κ2) is 12.1. The van der Waals surface area contributed by atoms with Gasteiger partial charge in [-0.1, -0.05) is 41.7 Å². The van der Waals surface area contributed by atoms with Crippen LogP contribution in [0.4, 0.5) is 5.69 Å². The molecular formula is C34H27N3O7S. The van der Waals surface area contributed by atoms with Crippen molar-refractivity contribution in [3.63, 3.8) is 0 Å². The van der Waals surface area contributed by atoms with Gasteiger partial charge in [-0.2, -0.15) is 0 Å². The zero-order valence-corrected chi connectivity index (χ0v) is 25.3. The molecule has 0 unspecified atom stereocenters. The van der Waals surface area contributed by atoms with Gasteiger partial charge in [-0.15, -0.1) is 0 Å². The van der Waals surface area contributed by atoms with E-state index in [1.54, 1.807) is 74.7 Å². The molecule has 2 aromatic heterocycles. The van der Waals surface area contributed by atoms with E-state index >= 15 is 0 Å². The van der Waals surface area contributed by atoms with Crippen LogP contribution < -0.4 is 29.7 Å². The van der Waals surface area contributed by atoms with Crippen molar-refractivity contribution >= 4 is 35.0 Å². The molecular weight excluding hydrogens is 594 g/mol. The summed E-state index contributed by atoms with van der Waals surface area (Å²) in [5, 5.41) is 12.1. The van der Waals surface area contributed by atoms with Crippen molar-refractivity contribution in [2.24, 2.45) is 4.99 Å². The number of carboxylic acid groups (broad SMARTS) is 1. The standard InChI is InChI=1S/C34H27N3O7S/c1-19-29(31(38)36-22-7-5-4-6-8-22)30(25-15-13-23(42-2)17-27(25)43-3)37-32(39)28(45-34(37)35-19)18-24-14-16-26(44-24)20-9-11-21(12-10-20)33(40)41/h4-18,30H,1-3H3,(H,36,38)(H,40,41)/b28-18-/t30-/m1/s1. The molecule has 0 spiro atoms. The fourth-order valence-electron chi connectivity index (χ4n) is 5.16. The Morgan fingerprint density at radius 2 is 1.76 bits per heavy atom. The van der Waals surface area contributed by atoms with Crippen LogP contribution in [-0.2, 0) is 4.79 Å². The quantitative estimate of drug-likeness (QED) is 0.253. The van der Waals surface area contributed by atoms with Gasteiger partial charge in [0.15, 0.2) is 4.80 Å². The molecule has 5 aromatic rings. The minimum atomic E-state index is -1.02. The number of thiazole rings is 1. The van der Waals surface area contributed by atoms with Crippen LogP contribution in [0.1, 0.15) is 34.6 Å². The molecule has 1 amide bonds. The third kappa shape index (κ3) is 5.68. The maximum atomic E-state index is 14.1. The minimum absolute atomic E-state index is 0.168. The zero-order valence-electron chi connectivity index (χ0n) is 24.4. The number of nitrogens with one attached hydrogen (secondary N) is 1. The molecule has 11 heteroatoms. The van der Waals surface area contributed by atoms with Crippen LogP contribution in [0.2, 0.25) is 0 Å². The second-order valence-electron chi connectivity index (χ2n) is 10.1. The first-order valence-corrected chi connectivity index (χ1v) is 14.6. The number of nitrogens with zero attached hydrogens (tertiary/aromatic N) is 2. The van der Waals surface area contributed by atoms with Crippen molar-refractivity contribution < 1.29 is 28.6 Å². The van der Waals surface area contributed by atoms with Gasteiger partial charge in [0.1, 0.15) is 29.1 Å². The van der Waals surface area contributed by atoms with Gasteiger partial charge in [-0.25, -0.2) is 9.79 Å². The molecule has 0 fully saturated rings. The molecule has 1 aliphatic heterocycles. The van der Waals surface area contributed by atoms with Gasteiger partial charge in [0.2, 0.25) is 0 Å². The Balaban J connectivity index is 1.46. The fourth-order valence-corrected chi connectivity index (χ4v) is 6.19. The molecule has 1 atom stereocenters. The Morgan fingerprint density at radius 3 is 2.44 bits per heavy atom. The normalized spacial score (nSPS) is 14.5. The van der Waals surface area contributed by atoms with E-state index in [1.807, 2.05) is 18.2 Å². The molecule has 3 heterocycles. The lowest BCUT2D eigenvalue weighted by Gasteiger charge is -2.26. The van der Waals surface area contributed by atoms with E-state index in [0.717, 1.165) is 0 Å². The number of furan rings is 1. The minimum Gasteiger partial charge on any atom is -0.497 e. The summed E-state index contributed by atoms with van der Waals surface area (Å²) >= 11 is 1.18. The summed E-state index contributed by atoms with van der Waals surface area (Å²) in [6, 6.07) is 23.2. The number of allylic oxidation sites excluding steroid dienone is 1. The Bertz CT molecular complexity index is 2140. The number of rotatable bonds is 8. The lowest BCUT2D eigenvalue weighted by molar-refractivity contribution is -0.113. The number of ether oxygens (including phenoxy) is 2. The van der Waals surface area contributed by atoms with E-state index in [-0.39, 0.29) is 11.1 Å². The van der Waals surface area contributed by atoms with Crippen LogP contribution in [0.5, 0.6) is 11.5 Å². The molecule has 0 bridgehead atoms. The molecule has 6 rings (SSSR count). The number of benzene rings is 3. The maximum Gasteiger partial charge on any atom is 0.335 e. The molecule has 0 aliphatic carbocycles. The second-order valence-corrected chi connectivity index (χ2v) is 11.1. The van der Waals surface area contributed by atoms with Crippen LogP contribution >= 0.6 is 11.3 Å². The largest absolute Gasteiger partial charge is 0.497 e. The summed E-state index contributed by atoms with van der Waals surface area (Å²) in [5.74, 6) is 0.530. The highest BCUT2D eigenvalue weighted by molar-refractivity contribution is 7.07. The number of carbonyl (C=O) groups is 2. The Labute approximate surface area is 260 Å². The lowest BCUT2D eigenvalue weighted by atomic mass is 9.94. The molecule has 2 N–H and O–H groups in total. The predicted octanol–water partition coefficient (Wildman–Crippen LogP) is 4.85. The van der Waals surface area contributed by atoms with Crippen molar-refractivity contribution in [3.05, 3.63) is 133 Å².